The zero-order valence-corrected chi connectivity index (χ0v) is 10.2. The fraction of sp³-hybridized carbons (Fsp3) is 0.400. The van der Waals surface area contributed by atoms with Crippen LogP contribution in [-0.2, 0) is 11.2 Å². The number of hydrogen-bond donors (Lipinski definition) is 1. The Balaban J connectivity index is 1.97. The zero-order chi connectivity index (χ0) is 12.7. The van der Waals surface area contributed by atoms with E-state index in [9.17, 15) is 9.90 Å². The highest BCUT2D eigenvalue weighted by atomic mass is 16.5. The molecule has 1 aromatic rings. The van der Waals surface area contributed by atoms with Crippen molar-refractivity contribution < 1.29 is 14.6 Å². The number of ether oxygens (including phenoxy) is 1. The van der Waals surface area contributed by atoms with Crippen molar-refractivity contribution in [3.8, 4) is 11.5 Å². The number of fused-ring (bicyclic) bond motifs is 3. The molecule has 1 saturated carbocycles. The number of carbonyl (C=O) groups is 1. The van der Waals surface area contributed by atoms with Crippen molar-refractivity contribution in [1.82, 2.24) is 0 Å². The second kappa shape index (κ2) is 4.16. The van der Waals surface area contributed by atoms with Crippen LogP contribution < -0.4 is 4.74 Å². The molecule has 0 saturated heterocycles. The predicted molar refractivity (Wildman–Crippen MR) is 68.0 cm³/mol. The van der Waals surface area contributed by atoms with Gasteiger partial charge >= 0.3 is 0 Å². The quantitative estimate of drug-likeness (QED) is 0.814. The van der Waals surface area contributed by atoms with E-state index in [1.807, 2.05) is 6.07 Å². The van der Waals surface area contributed by atoms with Crippen LogP contribution in [0.25, 0.3) is 0 Å². The number of rotatable bonds is 2. The first-order chi connectivity index (χ1) is 8.69. The van der Waals surface area contributed by atoms with Crippen molar-refractivity contribution in [2.75, 3.05) is 0 Å². The fourth-order valence-electron chi connectivity index (χ4n) is 2.95. The molecule has 3 heteroatoms. The van der Waals surface area contributed by atoms with Crippen LogP contribution in [0.2, 0.25) is 0 Å². The summed E-state index contributed by atoms with van der Waals surface area (Å²) in [7, 11) is 0. The topological polar surface area (TPSA) is 46.5 Å². The van der Waals surface area contributed by atoms with Gasteiger partial charge < -0.3 is 9.84 Å². The average Bonchev–Trinajstić information content (AvgIpc) is 2.66. The fourth-order valence-corrected chi connectivity index (χ4v) is 2.95. The van der Waals surface area contributed by atoms with Gasteiger partial charge in [0, 0.05) is 29.9 Å². The van der Waals surface area contributed by atoms with E-state index in [-0.39, 0.29) is 17.8 Å². The smallest absolute Gasteiger partial charge is 0.136 e. The number of ketones is 1. The predicted octanol–water partition coefficient (Wildman–Crippen LogP) is 2.72. The Bertz CT molecular complexity index is 519. The number of aromatic hydroxyl groups is 1. The molecular formula is C15H16O3. The van der Waals surface area contributed by atoms with Crippen LogP contribution in [0.1, 0.15) is 36.3 Å². The number of allylic oxidation sites excluding steroid dienone is 1. The van der Waals surface area contributed by atoms with Gasteiger partial charge in [-0.05, 0) is 25.0 Å². The Morgan fingerprint density at radius 2 is 2.33 bits per heavy atom. The standard InChI is InChI=1S/C15H16O3/c1-2-3-9-6-14-12(8-13(9)17)11-5-4-10(16)7-15(11)18-14/h2,6,8,11,15,17H,1,3-5,7H2/t11-,15+/m0/s1. The molecule has 2 aliphatic rings. The summed E-state index contributed by atoms with van der Waals surface area (Å²) in [6.07, 6.45) is 4.30. The van der Waals surface area contributed by atoms with Crippen molar-refractivity contribution in [2.45, 2.75) is 37.7 Å². The number of carbonyl (C=O) groups excluding carboxylic acids is 1. The second-order valence-corrected chi connectivity index (χ2v) is 5.06. The molecular weight excluding hydrogens is 228 g/mol. The van der Waals surface area contributed by atoms with Gasteiger partial charge in [-0.2, -0.15) is 0 Å². The number of Topliss-reactive ketones (excluding diaryl/α,β-unsaturated/α-hetero) is 1. The molecule has 3 nitrogen and oxygen atoms in total. The summed E-state index contributed by atoms with van der Waals surface area (Å²) in [6, 6.07) is 3.68. The van der Waals surface area contributed by atoms with Crippen LogP contribution in [0.3, 0.4) is 0 Å². The molecule has 1 aliphatic carbocycles. The molecule has 1 N–H and O–H groups in total. The molecule has 0 amide bonds. The SMILES string of the molecule is C=CCc1cc2c(cc1O)[C@@H]1CCC(=O)C[C@H]1O2. The van der Waals surface area contributed by atoms with Crippen molar-refractivity contribution in [1.29, 1.82) is 0 Å². The molecule has 0 bridgehead atoms. The summed E-state index contributed by atoms with van der Waals surface area (Å²) in [6.45, 7) is 3.68. The van der Waals surface area contributed by atoms with E-state index in [0.717, 1.165) is 23.3 Å². The van der Waals surface area contributed by atoms with Crippen LogP contribution in [-0.4, -0.2) is 17.0 Å². The van der Waals surface area contributed by atoms with Gasteiger partial charge in [0.25, 0.3) is 0 Å². The van der Waals surface area contributed by atoms with Crippen molar-refractivity contribution in [2.24, 2.45) is 0 Å². The molecule has 0 unspecified atom stereocenters. The van der Waals surface area contributed by atoms with E-state index in [0.29, 0.717) is 25.0 Å². The third-order valence-corrected chi connectivity index (χ3v) is 3.86. The summed E-state index contributed by atoms with van der Waals surface area (Å²) in [5, 5.41) is 9.98. The van der Waals surface area contributed by atoms with Crippen LogP contribution in [0, 0.1) is 0 Å². The molecule has 0 radical (unpaired) electrons. The van der Waals surface area contributed by atoms with E-state index in [2.05, 4.69) is 6.58 Å². The molecule has 0 spiro atoms. The highest BCUT2D eigenvalue weighted by Gasteiger charge is 2.39. The molecule has 1 aliphatic heterocycles. The zero-order valence-electron chi connectivity index (χ0n) is 10.2. The first-order valence-corrected chi connectivity index (χ1v) is 6.34. The summed E-state index contributed by atoms with van der Waals surface area (Å²) in [5.41, 5.74) is 1.88. The van der Waals surface area contributed by atoms with Crippen LogP contribution in [0.15, 0.2) is 24.8 Å². The minimum Gasteiger partial charge on any atom is -0.508 e. The van der Waals surface area contributed by atoms with Crippen LogP contribution in [0.5, 0.6) is 11.5 Å². The number of phenols is 1. The maximum Gasteiger partial charge on any atom is 0.136 e. The van der Waals surface area contributed by atoms with Gasteiger partial charge in [0.05, 0.1) is 0 Å². The first-order valence-electron chi connectivity index (χ1n) is 6.34. The lowest BCUT2D eigenvalue weighted by atomic mass is 9.82. The monoisotopic (exact) mass is 244 g/mol. The van der Waals surface area contributed by atoms with Gasteiger partial charge in [-0.1, -0.05) is 6.08 Å². The third-order valence-electron chi connectivity index (χ3n) is 3.86. The Morgan fingerprint density at radius 3 is 3.11 bits per heavy atom. The van der Waals surface area contributed by atoms with E-state index in [4.69, 9.17) is 4.74 Å². The maximum atomic E-state index is 11.5. The van der Waals surface area contributed by atoms with Gasteiger partial charge in [0.1, 0.15) is 23.4 Å². The van der Waals surface area contributed by atoms with Gasteiger partial charge in [0.15, 0.2) is 0 Å². The van der Waals surface area contributed by atoms with Gasteiger partial charge in [-0.15, -0.1) is 6.58 Å². The molecule has 2 atom stereocenters. The minimum atomic E-state index is -0.0281. The Labute approximate surface area is 106 Å². The lowest BCUT2D eigenvalue weighted by Gasteiger charge is -2.22. The van der Waals surface area contributed by atoms with Crippen LogP contribution >= 0.6 is 0 Å². The lowest BCUT2D eigenvalue weighted by Crippen LogP contribution is -2.27. The molecule has 18 heavy (non-hydrogen) atoms. The summed E-state index contributed by atoms with van der Waals surface area (Å²) in [4.78, 5) is 11.5. The highest BCUT2D eigenvalue weighted by molar-refractivity contribution is 5.80. The normalized spacial score (nSPS) is 25.2. The maximum absolute atomic E-state index is 11.5. The minimum absolute atomic E-state index is 0.0281. The summed E-state index contributed by atoms with van der Waals surface area (Å²) < 4.78 is 5.86. The second-order valence-electron chi connectivity index (χ2n) is 5.06. The molecule has 1 heterocycles. The highest BCUT2D eigenvalue weighted by Crippen LogP contribution is 2.46. The van der Waals surface area contributed by atoms with E-state index < -0.39 is 0 Å². The molecule has 3 rings (SSSR count). The summed E-state index contributed by atoms with van der Waals surface area (Å²) >= 11 is 0. The first kappa shape index (κ1) is 11.3. The van der Waals surface area contributed by atoms with E-state index >= 15 is 0 Å². The van der Waals surface area contributed by atoms with Gasteiger partial charge in [0.2, 0.25) is 0 Å². The van der Waals surface area contributed by atoms with Gasteiger partial charge in [-0.25, -0.2) is 0 Å². The molecule has 94 valence electrons. The lowest BCUT2D eigenvalue weighted by molar-refractivity contribution is -0.122. The van der Waals surface area contributed by atoms with Crippen molar-refractivity contribution in [3.63, 3.8) is 0 Å². The Hall–Kier alpha value is -1.77. The third kappa shape index (κ3) is 1.70. The molecule has 1 aromatic carbocycles. The van der Waals surface area contributed by atoms with Crippen LogP contribution in [0.4, 0.5) is 0 Å². The average molecular weight is 244 g/mol. The number of phenolic OH excluding ortho intramolecular Hbond substituents is 1. The largest absolute Gasteiger partial charge is 0.508 e. The summed E-state index contributed by atoms with van der Waals surface area (Å²) in [5.74, 6) is 1.67. The Kier molecular flexibility index (Phi) is 2.62. The molecule has 0 aromatic heterocycles. The number of benzene rings is 1. The van der Waals surface area contributed by atoms with E-state index in [1.165, 1.54) is 0 Å². The van der Waals surface area contributed by atoms with Crippen molar-refractivity contribution >= 4 is 5.78 Å². The number of hydrogen-bond acceptors (Lipinski definition) is 3. The van der Waals surface area contributed by atoms with Crippen molar-refractivity contribution in [3.05, 3.63) is 35.9 Å². The van der Waals surface area contributed by atoms with E-state index in [1.54, 1.807) is 12.1 Å². The Morgan fingerprint density at radius 1 is 1.50 bits per heavy atom. The molecule has 1 fully saturated rings. The van der Waals surface area contributed by atoms with Gasteiger partial charge in [-0.3, -0.25) is 4.79 Å².